The summed E-state index contributed by atoms with van der Waals surface area (Å²) >= 11 is 0. The number of furan rings is 1. The van der Waals surface area contributed by atoms with Gasteiger partial charge in [-0.1, -0.05) is 121 Å². The Balaban J connectivity index is 1.28. The SMILES string of the molecule is Cc1cc2c3c(c1)-n1c4oc5ccccc5c4c4cccc(c41)B3N(c1ccc(-c3ccccc3)cc1)c1c-2ccc2ccccc12. The maximum atomic E-state index is 6.72. The Morgan fingerprint density at radius 2 is 1.34 bits per heavy atom. The van der Waals surface area contributed by atoms with Crippen LogP contribution in [-0.4, -0.2) is 11.4 Å². The largest absolute Gasteiger partial charge is 0.439 e. The highest BCUT2D eigenvalue weighted by molar-refractivity contribution is 6.93. The highest BCUT2D eigenvalue weighted by Gasteiger charge is 2.44. The van der Waals surface area contributed by atoms with E-state index in [1.807, 2.05) is 0 Å². The summed E-state index contributed by atoms with van der Waals surface area (Å²) in [6.45, 7) is 2.20. The fourth-order valence-corrected chi connectivity index (χ4v) is 8.50. The first-order valence-electron chi connectivity index (χ1n) is 16.3. The molecule has 4 heterocycles. The molecule has 0 unspecified atom stereocenters. The molecule has 9 aromatic rings. The molecule has 0 aliphatic carbocycles. The molecule has 0 saturated heterocycles. The van der Waals surface area contributed by atoms with E-state index in [1.54, 1.807) is 0 Å². The number of aromatic nitrogens is 1. The van der Waals surface area contributed by atoms with E-state index < -0.39 is 0 Å². The molecule has 2 aliphatic heterocycles. The Bertz CT molecular complexity index is 2760. The Hall–Kier alpha value is -6.00. The van der Waals surface area contributed by atoms with Crippen molar-refractivity contribution in [1.82, 2.24) is 4.57 Å². The molecule has 218 valence electrons. The molecule has 2 aromatic heterocycles. The third kappa shape index (κ3) is 3.27. The molecule has 4 heteroatoms. The minimum absolute atomic E-state index is 0.0250. The molecule has 0 fully saturated rings. The van der Waals surface area contributed by atoms with Crippen LogP contribution in [0.3, 0.4) is 0 Å². The van der Waals surface area contributed by atoms with E-state index >= 15 is 0 Å². The van der Waals surface area contributed by atoms with Crippen molar-refractivity contribution < 1.29 is 4.42 Å². The summed E-state index contributed by atoms with van der Waals surface area (Å²) in [4.78, 5) is 2.61. The second-order valence-corrected chi connectivity index (χ2v) is 13.0. The number of anilines is 2. The van der Waals surface area contributed by atoms with E-state index in [2.05, 4.69) is 162 Å². The number of fused-ring (bicyclic) bond motifs is 11. The van der Waals surface area contributed by atoms with Gasteiger partial charge in [0.15, 0.2) is 0 Å². The Labute approximate surface area is 272 Å². The van der Waals surface area contributed by atoms with Crippen LogP contribution < -0.4 is 15.7 Å². The van der Waals surface area contributed by atoms with Gasteiger partial charge in [0.1, 0.15) is 5.58 Å². The van der Waals surface area contributed by atoms with Gasteiger partial charge in [-0.15, -0.1) is 0 Å². The van der Waals surface area contributed by atoms with Gasteiger partial charge in [-0.3, -0.25) is 4.57 Å². The average Bonchev–Trinajstić information content (AvgIpc) is 3.66. The summed E-state index contributed by atoms with van der Waals surface area (Å²) in [5.74, 6) is 0. The monoisotopic (exact) mass is 598 g/mol. The standard InChI is InChI=1S/C43H27BN2O/c1-26-24-35-32-23-20-29-12-5-6-13-31(29)41(32)46(30-21-18-28(19-22-30)27-10-3-2-4-11-27)44-36-16-9-15-34-39-33-14-7-8-17-38(33)47-43(39)45(42(34)36)37(25-26)40(35)44/h2-25H,1H3. The molecule has 0 atom stereocenters. The van der Waals surface area contributed by atoms with Crippen molar-refractivity contribution in [2.24, 2.45) is 0 Å². The van der Waals surface area contributed by atoms with Crippen LogP contribution in [0.25, 0.3) is 71.7 Å². The van der Waals surface area contributed by atoms with E-state index in [0.29, 0.717) is 0 Å². The third-order valence-corrected chi connectivity index (χ3v) is 10.4. The molecular formula is C43H27BN2O. The van der Waals surface area contributed by atoms with Crippen LogP contribution in [-0.2, 0) is 0 Å². The van der Waals surface area contributed by atoms with Gasteiger partial charge >= 0.3 is 6.85 Å². The number of para-hydroxylation sites is 2. The Morgan fingerprint density at radius 1 is 0.596 bits per heavy atom. The number of rotatable bonds is 2. The minimum Gasteiger partial charge on any atom is -0.439 e. The molecule has 0 amide bonds. The van der Waals surface area contributed by atoms with Gasteiger partial charge in [0, 0.05) is 38.8 Å². The first-order valence-corrected chi connectivity index (χ1v) is 16.3. The number of benzene rings is 7. The van der Waals surface area contributed by atoms with E-state index in [9.17, 15) is 0 Å². The van der Waals surface area contributed by atoms with Crippen LogP contribution in [0, 0.1) is 6.92 Å². The Morgan fingerprint density at radius 3 is 2.21 bits per heavy atom. The lowest BCUT2D eigenvalue weighted by Gasteiger charge is -2.42. The second-order valence-electron chi connectivity index (χ2n) is 13.0. The quantitative estimate of drug-likeness (QED) is 0.185. The average molecular weight is 599 g/mol. The second kappa shape index (κ2) is 9.05. The fourth-order valence-electron chi connectivity index (χ4n) is 8.50. The molecular weight excluding hydrogens is 571 g/mol. The van der Waals surface area contributed by atoms with Crippen molar-refractivity contribution in [1.29, 1.82) is 0 Å². The third-order valence-electron chi connectivity index (χ3n) is 10.4. The summed E-state index contributed by atoms with van der Waals surface area (Å²) in [7, 11) is 0. The van der Waals surface area contributed by atoms with Crippen LogP contribution >= 0.6 is 0 Å². The lowest BCUT2D eigenvalue weighted by molar-refractivity contribution is 0.645. The van der Waals surface area contributed by atoms with Crippen molar-refractivity contribution in [2.45, 2.75) is 6.92 Å². The predicted molar refractivity (Wildman–Crippen MR) is 197 cm³/mol. The zero-order valence-corrected chi connectivity index (χ0v) is 25.7. The van der Waals surface area contributed by atoms with E-state index in [0.717, 1.165) is 16.7 Å². The van der Waals surface area contributed by atoms with Gasteiger partial charge in [-0.05, 0) is 69.8 Å². The zero-order valence-electron chi connectivity index (χ0n) is 25.7. The van der Waals surface area contributed by atoms with Crippen LogP contribution in [0.1, 0.15) is 5.56 Å². The highest BCUT2D eigenvalue weighted by atomic mass is 16.3. The molecule has 11 rings (SSSR count). The van der Waals surface area contributed by atoms with Crippen molar-refractivity contribution in [3.63, 3.8) is 0 Å². The number of hydrogen-bond donors (Lipinski definition) is 0. The molecule has 0 bridgehead atoms. The summed E-state index contributed by atoms with van der Waals surface area (Å²) in [5, 5.41) is 6.09. The summed E-state index contributed by atoms with van der Waals surface area (Å²) in [6.07, 6.45) is 0. The Kier molecular flexibility index (Phi) is 4.86. The number of nitrogens with zero attached hydrogens (tertiary/aromatic N) is 2. The predicted octanol–water partition coefficient (Wildman–Crippen LogP) is 9.90. The van der Waals surface area contributed by atoms with Crippen molar-refractivity contribution in [3.05, 3.63) is 151 Å². The van der Waals surface area contributed by atoms with E-state index in [4.69, 9.17) is 4.42 Å². The van der Waals surface area contributed by atoms with Crippen molar-refractivity contribution >= 4 is 72.9 Å². The van der Waals surface area contributed by atoms with Crippen molar-refractivity contribution in [2.75, 3.05) is 4.81 Å². The normalized spacial score (nSPS) is 13.1. The molecule has 0 N–H and O–H groups in total. The number of aryl methyl sites for hydroxylation is 1. The molecule has 7 aromatic carbocycles. The van der Waals surface area contributed by atoms with Crippen LogP contribution in [0.4, 0.5) is 11.4 Å². The van der Waals surface area contributed by atoms with E-state index in [-0.39, 0.29) is 6.85 Å². The van der Waals surface area contributed by atoms with Gasteiger partial charge in [-0.2, -0.15) is 0 Å². The molecule has 3 nitrogen and oxygen atoms in total. The van der Waals surface area contributed by atoms with Gasteiger partial charge < -0.3 is 9.23 Å². The molecule has 47 heavy (non-hydrogen) atoms. The van der Waals surface area contributed by atoms with Crippen LogP contribution in [0.2, 0.25) is 0 Å². The van der Waals surface area contributed by atoms with Gasteiger partial charge in [0.2, 0.25) is 5.71 Å². The van der Waals surface area contributed by atoms with Gasteiger partial charge in [0.05, 0.1) is 10.9 Å². The van der Waals surface area contributed by atoms with Gasteiger partial charge in [-0.25, -0.2) is 0 Å². The van der Waals surface area contributed by atoms with Crippen LogP contribution in [0.5, 0.6) is 0 Å². The topological polar surface area (TPSA) is 21.3 Å². The maximum Gasteiger partial charge on any atom is 0.333 e. The molecule has 2 aliphatic rings. The number of hydrogen-bond acceptors (Lipinski definition) is 2. The summed E-state index contributed by atoms with van der Waals surface area (Å²) < 4.78 is 9.12. The first kappa shape index (κ1) is 25.2. The molecule has 0 spiro atoms. The summed E-state index contributed by atoms with van der Waals surface area (Å²) in [5.41, 5.74) is 15.6. The molecule has 0 saturated carbocycles. The van der Waals surface area contributed by atoms with Crippen LogP contribution in [0.15, 0.2) is 150 Å². The molecule has 0 radical (unpaired) electrons. The zero-order chi connectivity index (χ0) is 30.8. The first-order chi connectivity index (χ1) is 23.2. The van der Waals surface area contributed by atoms with E-state index in [1.165, 1.54) is 82.9 Å². The fraction of sp³-hybridized carbons (Fsp3) is 0.0233. The summed E-state index contributed by atoms with van der Waals surface area (Å²) in [6, 6.07) is 53.2. The smallest absolute Gasteiger partial charge is 0.333 e. The van der Waals surface area contributed by atoms with Crippen molar-refractivity contribution in [3.8, 4) is 27.9 Å². The lowest BCUT2D eigenvalue weighted by atomic mass is 9.44. The minimum atomic E-state index is -0.0250. The lowest BCUT2D eigenvalue weighted by Crippen LogP contribution is -2.60. The highest BCUT2D eigenvalue weighted by Crippen LogP contribution is 2.48. The maximum absolute atomic E-state index is 6.72. The van der Waals surface area contributed by atoms with Gasteiger partial charge in [0.25, 0.3) is 0 Å².